The van der Waals surface area contributed by atoms with Crippen molar-refractivity contribution in [3.8, 4) is 11.5 Å². The van der Waals surface area contributed by atoms with E-state index in [-0.39, 0.29) is 17.3 Å². The molecule has 4 aromatic carbocycles. The Bertz CT molecular complexity index is 1300. The van der Waals surface area contributed by atoms with E-state index in [2.05, 4.69) is 0 Å². The second-order valence-electron chi connectivity index (χ2n) is 7.65. The molecule has 1 atom stereocenters. The van der Waals surface area contributed by atoms with Crippen molar-refractivity contribution in [3.63, 3.8) is 0 Å². The van der Waals surface area contributed by atoms with E-state index in [0.29, 0.717) is 11.1 Å². The van der Waals surface area contributed by atoms with Crippen LogP contribution in [0, 0.1) is 0 Å². The van der Waals surface area contributed by atoms with Crippen LogP contribution in [0.25, 0.3) is 11.6 Å². The molecule has 0 radical (unpaired) electrons. The molecule has 0 spiro atoms. The van der Waals surface area contributed by atoms with E-state index < -0.39 is 5.92 Å². The Balaban J connectivity index is 1.88. The first-order chi connectivity index (χ1) is 15.1. The monoisotopic (exact) mass is 404 g/mol. The summed E-state index contributed by atoms with van der Waals surface area (Å²) in [5, 5.41) is 21.1. The Morgan fingerprint density at radius 1 is 0.710 bits per heavy atom. The lowest BCUT2D eigenvalue weighted by atomic mass is 9.84. The number of carbonyl (C=O) groups is 1. The number of phenols is 2. The van der Waals surface area contributed by atoms with Gasteiger partial charge in [-0.3, -0.25) is 4.79 Å². The summed E-state index contributed by atoms with van der Waals surface area (Å²) in [6, 6.07) is 30.0. The number of carbonyl (C=O) groups excluding carboxylic acids is 1. The first kappa shape index (κ1) is 18.9. The van der Waals surface area contributed by atoms with Crippen molar-refractivity contribution in [2.45, 2.75) is 5.92 Å². The minimum absolute atomic E-state index is 0.117. The summed E-state index contributed by atoms with van der Waals surface area (Å²) in [5.74, 6) is -0.953. The Morgan fingerprint density at radius 3 is 2.10 bits per heavy atom. The van der Waals surface area contributed by atoms with Crippen molar-refractivity contribution >= 4 is 17.4 Å². The van der Waals surface area contributed by atoms with Gasteiger partial charge in [0.2, 0.25) is 0 Å². The van der Waals surface area contributed by atoms with Crippen LogP contribution < -0.4 is 0 Å². The summed E-state index contributed by atoms with van der Waals surface area (Å²) in [6.07, 6.45) is 1.98. The highest BCUT2D eigenvalue weighted by molar-refractivity contribution is 6.13. The maximum Gasteiger partial charge on any atom is 0.175 e. The third-order valence-corrected chi connectivity index (χ3v) is 5.70. The van der Waals surface area contributed by atoms with Gasteiger partial charge in [0.25, 0.3) is 0 Å². The van der Waals surface area contributed by atoms with E-state index in [0.717, 1.165) is 27.8 Å². The lowest BCUT2D eigenvalue weighted by Gasteiger charge is -2.17. The van der Waals surface area contributed by atoms with Crippen LogP contribution >= 0.6 is 0 Å². The predicted molar refractivity (Wildman–Crippen MR) is 122 cm³/mol. The number of aromatic hydroxyl groups is 2. The molecule has 0 aromatic heterocycles. The number of Topliss-reactive ketones (excluding diaryl/α,β-unsaturated/α-hetero) is 1. The van der Waals surface area contributed by atoms with E-state index in [1.54, 1.807) is 0 Å². The molecule has 2 N–H and O–H groups in total. The van der Waals surface area contributed by atoms with Gasteiger partial charge >= 0.3 is 0 Å². The maximum absolute atomic E-state index is 13.9. The minimum atomic E-state index is -0.543. The predicted octanol–water partition coefficient (Wildman–Crippen LogP) is 6.01. The van der Waals surface area contributed by atoms with E-state index in [9.17, 15) is 15.0 Å². The van der Waals surface area contributed by atoms with Crippen molar-refractivity contribution in [3.05, 3.63) is 130 Å². The molecule has 0 heterocycles. The summed E-state index contributed by atoms with van der Waals surface area (Å²) < 4.78 is 0. The van der Waals surface area contributed by atoms with Gasteiger partial charge in [0.15, 0.2) is 5.78 Å². The van der Waals surface area contributed by atoms with Gasteiger partial charge in [-0.25, -0.2) is 0 Å². The molecule has 0 bridgehead atoms. The van der Waals surface area contributed by atoms with Gasteiger partial charge in [-0.1, -0.05) is 84.9 Å². The highest BCUT2D eigenvalue weighted by atomic mass is 16.3. The number of hydrogen-bond donors (Lipinski definition) is 2. The van der Waals surface area contributed by atoms with E-state index in [1.165, 1.54) is 12.1 Å². The molecular weight excluding hydrogens is 384 g/mol. The summed E-state index contributed by atoms with van der Waals surface area (Å²) in [4.78, 5) is 13.9. The van der Waals surface area contributed by atoms with E-state index >= 15 is 0 Å². The molecule has 3 nitrogen and oxygen atoms in total. The molecule has 0 saturated heterocycles. The Hall–Kier alpha value is -4.11. The standard InChI is InChI=1S/C28H20O3/c29-20-16-24-27(25(30)17-20)23(15-18-9-3-1-4-10-18)21-13-7-8-14-22(21)26(28(24)31)19-11-5-2-6-12-19/h1-17,26,29-30H/b23-15+. The van der Waals surface area contributed by atoms with Crippen LogP contribution in [0.1, 0.15) is 44.1 Å². The Morgan fingerprint density at radius 2 is 1.35 bits per heavy atom. The second-order valence-corrected chi connectivity index (χ2v) is 7.65. The number of ketones is 1. The molecule has 4 aromatic rings. The fourth-order valence-corrected chi connectivity index (χ4v) is 4.36. The zero-order valence-electron chi connectivity index (χ0n) is 16.7. The van der Waals surface area contributed by atoms with Crippen molar-refractivity contribution in [1.82, 2.24) is 0 Å². The van der Waals surface area contributed by atoms with Gasteiger partial charge in [-0.2, -0.15) is 0 Å². The highest BCUT2D eigenvalue weighted by Crippen LogP contribution is 2.46. The molecule has 1 aliphatic carbocycles. The smallest absolute Gasteiger partial charge is 0.175 e. The van der Waals surface area contributed by atoms with Crippen LogP contribution in [0.4, 0.5) is 0 Å². The zero-order chi connectivity index (χ0) is 21.4. The first-order valence-electron chi connectivity index (χ1n) is 10.1. The zero-order valence-corrected chi connectivity index (χ0v) is 16.7. The van der Waals surface area contributed by atoms with Crippen LogP contribution in [-0.4, -0.2) is 16.0 Å². The molecule has 5 rings (SSSR count). The third kappa shape index (κ3) is 3.30. The lowest BCUT2D eigenvalue weighted by Crippen LogP contribution is -2.14. The van der Waals surface area contributed by atoms with Crippen LogP contribution in [0.15, 0.2) is 97.1 Å². The van der Waals surface area contributed by atoms with Crippen LogP contribution in [0.2, 0.25) is 0 Å². The number of rotatable bonds is 2. The molecule has 150 valence electrons. The van der Waals surface area contributed by atoms with Crippen LogP contribution in [0.5, 0.6) is 11.5 Å². The molecule has 0 aliphatic heterocycles. The number of phenolic OH excluding ortho intramolecular Hbond substituents is 2. The molecular formula is C28H20O3. The average molecular weight is 404 g/mol. The van der Waals surface area contributed by atoms with E-state index in [4.69, 9.17) is 0 Å². The largest absolute Gasteiger partial charge is 0.508 e. The summed E-state index contributed by atoms with van der Waals surface area (Å²) in [5.41, 5.74) is 5.08. The topological polar surface area (TPSA) is 57.5 Å². The first-order valence-corrected chi connectivity index (χ1v) is 10.1. The summed E-state index contributed by atoms with van der Waals surface area (Å²) >= 11 is 0. The van der Waals surface area contributed by atoms with Crippen molar-refractivity contribution in [1.29, 1.82) is 0 Å². The average Bonchev–Trinajstić information content (AvgIpc) is 2.89. The molecule has 0 saturated carbocycles. The summed E-state index contributed by atoms with van der Waals surface area (Å²) in [7, 11) is 0. The fourth-order valence-electron chi connectivity index (χ4n) is 4.36. The molecule has 0 amide bonds. The maximum atomic E-state index is 13.9. The molecule has 3 heteroatoms. The fraction of sp³-hybridized carbons (Fsp3) is 0.0357. The molecule has 31 heavy (non-hydrogen) atoms. The Labute approximate surface area is 180 Å². The highest BCUT2D eigenvalue weighted by Gasteiger charge is 2.34. The number of fused-ring (bicyclic) bond motifs is 2. The quantitative estimate of drug-likeness (QED) is 0.430. The van der Waals surface area contributed by atoms with Crippen molar-refractivity contribution < 1.29 is 15.0 Å². The normalized spacial score (nSPS) is 16.5. The molecule has 1 unspecified atom stereocenters. The Kier molecular flexibility index (Phi) is 4.64. The van der Waals surface area contributed by atoms with Crippen molar-refractivity contribution in [2.75, 3.05) is 0 Å². The number of hydrogen-bond acceptors (Lipinski definition) is 3. The van der Waals surface area contributed by atoms with Crippen LogP contribution in [-0.2, 0) is 0 Å². The van der Waals surface area contributed by atoms with Crippen molar-refractivity contribution in [2.24, 2.45) is 0 Å². The molecule has 1 aliphatic rings. The SMILES string of the molecule is O=C1c2cc(O)cc(O)c2/C(=C/c2ccccc2)c2ccccc2C1c1ccccc1. The second kappa shape index (κ2) is 7.62. The third-order valence-electron chi connectivity index (χ3n) is 5.70. The van der Waals surface area contributed by atoms with Crippen LogP contribution in [0.3, 0.4) is 0 Å². The number of benzene rings is 4. The summed E-state index contributed by atoms with van der Waals surface area (Å²) in [6.45, 7) is 0. The van der Waals surface area contributed by atoms with Gasteiger partial charge in [0.1, 0.15) is 11.5 Å². The van der Waals surface area contributed by atoms with Gasteiger partial charge in [0.05, 0.1) is 5.92 Å². The minimum Gasteiger partial charge on any atom is -0.508 e. The van der Waals surface area contributed by atoms with Gasteiger partial charge < -0.3 is 10.2 Å². The van der Waals surface area contributed by atoms with Gasteiger partial charge in [-0.15, -0.1) is 0 Å². The molecule has 0 fully saturated rings. The lowest BCUT2D eigenvalue weighted by molar-refractivity contribution is 0.0973. The van der Waals surface area contributed by atoms with E-state index in [1.807, 2.05) is 91.0 Å². The van der Waals surface area contributed by atoms with Gasteiger partial charge in [0, 0.05) is 17.2 Å². The van der Waals surface area contributed by atoms with Gasteiger partial charge in [-0.05, 0) is 40.0 Å².